The first-order valence-electron chi connectivity index (χ1n) is 12.1. The van der Waals surface area contributed by atoms with Crippen LogP contribution in [0.2, 0.25) is 0 Å². The van der Waals surface area contributed by atoms with Gasteiger partial charge >= 0.3 is 0 Å². The van der Waals surface area contributed by atoms with Gasteiger partial charge in [0.1, 0.15) is 11.4 Å². The number of rotatable bonds is 3. The number of aliphatic hydroxyl groups is 1. The number of halogens is 1. The highest BCUT2D eigenvalue weighted by molar-refractivity contribution is 7.19. The maximum Gasteiger partial charge on any atom is 0.223 e. The summed E-state index contributed by atoms with van der Waals surface area (Å²) in [7, 11) is 0. The summed E-state index contributed by atoms with van der Waals surface area (Å²) in [5.74, 6) is 5.72. The number of hydrogen-bond donors (Lipinski definition) is 2. The van der Waals surface area contributed by atoms with Crippen molar-refractivity contribution in [1.82, 2.24) is 19.9 Å². The molecule has 9 heteroatoms. The van der Waals surface area contributed by atoms with Gasteiger partial charge in [-0.1, -0.05) is 23.2 Å². The number of aryl methyl sites for hydroxylation is 2. The van der Waals surface area contributed by atoms with Crippen LogP contribution >= 0.6 is 11.3 Å². The average molecular weight is 506 g/mol. The molecule has 1 saturated heterocycles. The summed E-state index contributed by atoms with van der Waals surface area (Å²) in [6.45, 7) is 7.33. The van der Waals surface area contributed by atoms with Crippen molar-refractivity contribution in [3.8, 4) is 33.8 Å². The third-order valence-corrected chi connectivity index (χ3v) is 7.71. The number of carbonyl (C=O) groups excluding carboxylic acids is 1. The molecule has 1 aliphatic heterocycles. The molecule has 1 fully saturated rings. The molecule has 2 aliphatic rings. The van der Waals surface area contributed by atoms with Gasteiger partial charge in [-0.15, -0.1) is 0 Å². The smallest absolute Gasteiger partial charge is 0.223 e. The van der Waals surface area contributed by atoms with E-state index in [1.165, 1.54) is 24.3 Å². The highest BCUT2D eigenvalue weighted by atomic mass is 32.1. The van der Waals surface area contributed by atoms with Crippen LogP contribution in [0.3, 0.4) is 0 Å². The van der Waals surface area contributed by atoms with Crippen LogP contribution < -0.4 is 5.32 Å². The van der Waals surface area contributed by atoms with Crippen LogP contribution in [-0.2, 0) is 17.6 Å². The van der Waals surface area contributed by atoms with Crippen LogP contribution in [0.25, 0.3) is 22.0 Å². The van der Waals surface area contributed by atoms with E-state index in [0.29, 0.717) is 29.6 Å². The molecule has 0 saturated carbocycles. The number of fused-ring (bicyclic) bond motifs is 3. The van der Waals surface area contributed by atoms with Crippen molar-refractivity contribution < 1.29 is 14.3 Å². The largest absolute Gasteiger partial charge is 0.377 e. The van der Waals surface area contributed by atoms with Gasteiger partial charge in [0.05, 0.1) is 21.8 Å². The molecule has 0 spiro atoms. The fourth-order valence-electron chi connectivity index (χ4n) is 4.58. The van der Waals surface area contributed by atoms with Crippen molar-refractivity contribution in [1.29, 1.82) is 0 Å². The third kappa shape index (κ3) is 5.03. The van der Waals surface area contributed by atoms with E-state index in [2.05, 4.69) is 45.9 Å². The first-order valence-corrected chi connectivity index (χ1v) is 13.0. The second-order valence-electron chi connectivity index (χ2n) is 9.65. The Morgan fingerprint density at radius 2 is 2.03 bits per heavy atom. The zero-order valence-electron chi connectivity index (χ0n) is 20.6. The average Bonchev–Trinajstić information content (AvgIpc) is 3.26. The van der Waals surface area contributed by atoms with E-state index >= 15 is 0 Å². The number of nitrogens with zero attached hydrogens (tertiary/aromatic N) is 4. The van der Waals surface area contributed by atoms with Crippen LogP contribution in [0.5, 0.6) is 0 Å². The minimum absolute atomic E-state index is 0.181. The van der Waals surface area contributed by atoms with Gasteiger partial charge in [-0.3, -0.25) is 4.79 Å². The Labute approximate surface area is 213 Å². The lowest BCUT2D eigenvalue weighted by Gasteiger charge is -2.37. The number of benzene rings is 1. The van der Waals surface area contributed by atoms with Crippen molar-refractivity contribution in [3.05, 3.63) is 47.0 Å². The normalized spacial score (nSPS) is 16.6. The maximum atomic E-state index is 14.9. The maximum absolute atomic E-state index is 14.9. The molecule has 5 rings (SSSR count). The lowest BCUT2D eigenvalue weighted by Crippen LogP contribution is -2.46. The lowest BCUT2D eigenvalue weighted by molar-refractivity contribution is -0.114. The number of amides is 1. The minimum atomic E-state index is -1.05. The second kappa shape index (κ2) is 9.69. The van der Waals surface area contributed by atoms with E-state index in [4.69, 9.17) is 4.98 Å². The van der Waals surface area contributed by atoms with E-state index < -0.39 is 11.4 Å². The molecule has 36 heavy (non-hydrogen) atoms. The summed E-state index contributed by atoms with van der Waals surface area (Å²) in [6, 6.07) is 5.05. The number of carbonyl (C=O) groups is 1. The molecule has 0 bridgehead atoms. The SMILES string of the molecule is CC(=O)Nc1nc2c(s1)-c1nc(-c3cc(C#CC4(O)CCN(C(C)C)CC4)ccc3F)ncc1CC2. The standard InChI is InChI=1S/C27H28FN5O2S/c1-16(2)33-12-10-27(35,11-13-33)9-8-18-4-6-21(28)20(14-18)25-29-15-19-5-7-22-24(23(19)32-25)36-26(31-22)30-17(3)34/h4,6,14-16,35H,5,7,10-13H2,1-3H3,(H,30,31,34). The number of likely N-dealkylation sites (tertiary alicyclic amines) is 1. The Balaban J connectivity index is 1.43. The molecule has 0 atom stereocenters. The van der Waals surface area contributed by atoms with Crippen LogP contribution in [0.1, 0.15) is 50.4 Å². The van der Waals surface area contributed by atoms with E-state index in [-0.39, 0.29) is 17.3 Å². The van der Waals surface area contributed by atoms with E-state index in [1.54, 1.807) is 18.3 Å². The molecule has 2 N–H and O–H groups in total. The minimum Gasteiger partial charge on any atom is -0.377 e. The van der Waals surface area contributed by atoms with Crippen molar-refractivity contribution >= 4 is 22.4 Å². The molecular formula is C27H28FN5O2S. The van der Waals surface area contributed by atoms with Gasteiger partial charge in [-0.25, -0.2) is 19.3 Å². The fraction of sp³-hybridized carbons (Fsp3) is 0.407. The summed E-state index contributed by atoms with van der Waals surface area (Å²) in [6.07, 6.45) is 4.36. The summed E-state index contributed by atoms with van der Waals surface area (Å²) >= 11 is 1.36. The fourth-order valence-corrected chi connectivity index (χ4v) is 5.66. The Morgan fingerprint density at radius 1 is 1.25 bits per heavy atom. The first-order chi connectivity index (χ1) is 17.2. The van der Waals surface area contributed by atoms with Crippen LogP contribution in [-0.4, -0.2) is 55.6 Å². The Bertz CT molecular complexity index is 1380. The van der Waals surface area contributed by atoms with Gasteiger partial charge in [0, 0.05) is 50.7 Å². The van der Waals surface area contributed by atoms with E-state index in [1.807, 2.05) is 0 Å². The molecule has 2 aromatic heterocycles. The number of anilines is 1. The Hall–Kier alpha value is -3.19. The molecule has 3 heterocycles. The lowest BCUT2D eigenvalue weighted by atomic mass is 9.91. The van der Waals surface area contributed by atoms with E-state index in [9.17, 15) is 14.3 Å². The predicted molar refractivity (Wildman–Crippen MR) is 138 cm³/mol. The molecule has 0 radical (unpaired) electrons. The van der Waals surface area contributed by atoms with Gasteiger partial charge in [0.2, 0.25) is 5.91 Å². The van der Waals surface area contributed by atoms with Crippen molar-refractivity contribution in [2.45, 2.75) is 58.1 Å². The first kappa shape index (κ1) is 24.5. The molecule has 1 amide bonds. The zero-order valence-corrected chi connectivity index (χ0v) is 21.4. The highest BCUT2D eigenvalue weighted by Gasteiger charge is 2.31. The second-order valence-corrected chi connectivity index (χ2v) is 10.6. The van der Waals surface area contributed by atoms with Gasteiger partial charge < -0.3 is 15.3 Å². The van der Waals surface area contributed by atoms with Gasteiger partial charge in [0.25, 0.3) is 0 Å². The quantitative estimate of drug-likeness (QED) is 0.522. The Morgan fingerprint density at radius 3 is 2.75 bits per heavy atom. The molecule has 1 aliphatic carbocycles. The molecule has 0 unspecified atom stereocenters. The number of thiazole rings is 1. The molecular weight excluding hydrogens is 477 g/mol. The monoisotopic (exact) mass is 505 g/mol. The van der Waals surface area contributed by atoms with Crippen LogP contribution in [0.15, 0.2) is 24.4 Å². The summed E-state index contributed by atoms with van der Waals surface area (Å²) < 4.78 is 14.9. The molecule has 7 nitrogen and oxygen atoms in total. The number of nitrogens with one attached hydrogen (secondary N) is 1. The van der Waals surface area contributed by atoms with Gasteiger partial charge in [-0.05, 0) is 50.5 Å². The zero-order chi connectivity index (χ0) is 25.4. The summed E-state index contributed by atoms with van der Waals surface area (Å²) in [5.41, 5.74) is 2.37. The van der Waals surface area contributed by atoms with Crippen LogP contribution in [0, 0.1) is 17.7 Å². The number of piperidine rings is 1. The summed E-state index contributed by atoms with van der Waals surface area (Å²) in [4.78, 5) is 28.3. The number of aromatic nitrogens is 3. The molecule has 1 aromatic carbocycles. The molecule has 186 valence electrons. The number of hydrogen-bond acceptors (Lipinski definition) is 7. The topological polar surface area (TPSA) is 91.2 Å². The predicted octanol–water partition coefficient (Wildman–Crippen LogP) is 4.05. The van der Waals surface area contributed by atoms with Crippen molar-refractivity contribution in [3.63, 3.8) is 0 Å². The van der Waals surface area contributed by atoms with Crippen LogP contribution in [0.4, 0.5) is 9.52 Å². The van der Waals surface area contributed by atoms with Gasteiger partial charge in [-0.2, -0.15) is 0 Å². The Kier molecular flexibility index (Phi) is 6.60. The summed E-state index contributed by atoms with van der Waals surface area (Å²) in [5, 5.41) is 14.2. The van der Waals surface area contributed by atoms with Gasteiger partial charge in [0.15, 0.2) is 11.0 Å². The third-order valence-electron chi connectivity index (χ3n) is 6.69. The highest BCUT2D eigenvalue weighted by Crippen LogP contribution is 2.39. The van der Waals surface area contributed by atoms with Crippen molar-refractivity contribution in [2.24, 2.45) is 0 Å². The molecule has 3 aromatic rings. The van der Waals surface area contributed by atoms with Crippen molar-refractivity contribution in [2.75, 3.05) is 18.4 Å². The van der Waals surface area contributed by atoms with E-state index in [0.717, 1.165) is 47.8 Å².